The van der Waals surface area contributed by atoms with Gasteiger partial charge in [-0.2, -0.15) is 5.26 Å². The third-order valence-electron chi connectivity index (χ3n) is 4.78. The van der Waals surface area contributed by atoms with E-state index in [0.29, 0.717) is 16.9 Å². The molecule has 0 aromatic heterocycles. The Bertz CT molecular complexity index is 498. The van der Waals surface area contributed by atoms with Crippen molar-refractivity contribution in [3.63, 3.8) is 0 Å². The standard InChI is InChI=1S/C17H22ClNO/c1-12(2)13-6-8-17(11-19,9-7-13)16(20)14-4-3-5-15(18)10-14/h3-5,10,12-13,16,20H,6-9H2,1-2H3. The second-order valence-electron chi connectivity index (χ2n) is 6.31. The van der Waals surface area contributed by atoms with Gasteiger partial charge in [0.25, 0.3) is 0 Å². The van der Waals surface area contributed by atoms with Crippen molar-refractivity contribution in [3.8, 4) is 6.07 Å². The van der Waals surface area contributed by atoms with Gasteiger partial charge in [-0.05, 0) is 55.2 Å². The third kappa shape index (κ3) is 3.00. The molecule has 1 saturated carbocycles. The quantitative estimate of drug-likeness (QED) is 0.875. The summed E-state index contributed by atoms with van der Waals surface area (Å²) in [5.74, 6) is 1.32. The average Bonchev–Trinajstić information content (AvgIpc) is 2.46. The van der Waals surface area contributed by atoms with Crippen LogP contribution >= 0.6 is 11.6 Å². The van der Waals surface area contributed by atoms with Crippen LogP contribution in [0.3, 0.4) is 0 Å². The monoisotopic (exact) mass is 291 g/mol. The lowest BCUT2D eigenvalue weighted by molar-refractivity contribution is 0.0190. The summed E-state index contributed by atoms with van der Waals surface area (Å²) >= 11 is 5.99. The highest BCUT2D eigenvalue weighted by atomic mass is 35.5. The topological polar surface area (TPSA) is 44.0 Å². The molecule has 0 saturated heterocycles. The first-order chi connectivity index (χ1) is 9.48. The van der Waals surface area contributed by atoms with E-state index in [1.54, 1.807) is 12.1 Å². The Labute approximate surface area is 126 Å². The Balaban J connectivity index is 2.19. The number of nitriles is 1. The van der Waals surface area contributed by atoms with Crippen LogP contribution < -0.4 is 0 Å². The summed E-state index contributed by atoms with van der Waals surface area (Å²) in [6, 6.07) is 9.63. The first kappa shape index (κ1) is 15.4. The summed E-state index contributed by atoms with van der Waals surface area (Å²) in [6.07, 6.45) is 2.81. The van der Waals surface area contributed by atoms with Crippen LogP contribution in [0.15, 0.2) is 24.3 Å². The second-order valence-corrected chi connectivity index (χ2v) is 6.74. The van der Waals surface area contributed by atoms with E-state index in [9.17, 15) is 10.4 Å². The van der Waals surface area contributed by atoms with E-state index in [-0.39, 0.29) is 0 Å². The maximum absolute atomic E-state index is 10.7. The molecule has 1 fully saturated rings. The first-order valence-electron chi connectivity index (χ1n) is 7.33. The number of aliphatic hydroxyl groups is 1. The predicted octanol–water partition coefficient (Wildman–Crippen LogP) is 4.73. The summed E-state index contributed by atoms with van der Waals surface area (Å²) < 4.78 is 0. The minimum Gasteiger partial charge on any atom is -0.387 e. The van der Waals surface area contributed by atoms with Gasteiger partial charge in [0.05, 0.1) is 17.6 Å². The molecule has 20 heavy (non-hydrogen) atoms. The Kier molecular flexibility index (Phi) is 4.73. The van der Waals surface area contributed by atoms with Gasteiger partial charge in [0.1, 0.15) is 0 Å². The molecule has 1 N–H and O–H groups in total. The lowest BCUT2D eigenvalue weighted by Gasteiger charge is -2.39. The van der Waals surface area contributed by atoms with Gasteiger partial charge in [0.15, 0.2) is 0 Å². The molecule has 0 amide bonds. The van der Waals surface area contributed by atoms with Crippen molar-refractivity contribution in [1.29, 1.82) is 5.26 Å². The molecule has 1 aliphatic carbocycles. The van der Waals surface area contributed by atoms with Crippen LogP contribution in [-0.2, 0) is 0 Å². The van der Waals surface area contributed by atoms with E-state index in [0.717, 1.165) is 31.2 Å². The minimum absolute atomic E-state index is 0.602. The number of benzene rings is 1. The number of halogens is 1. The number of aliphatic hydroxyl groups excluding tert-OH is 1. The van der Waals surface area contributed by atoms with Gasteiger partial charge >= 0.3 is 0 Å². The highest BCUT2D eigenvalue weighted by Gasteiger charge is 2.42. The summed E-state index contributed by atoms with van der Waals surface area (Å²) in [4.78, 5) is 0. The molecule has 2 nitrogen and oxygen atoms in total. The van der Waals surface area contributed by atoms with Crippen LogP contribution in [0, 0.1) is 28.6 Å². The van der Waals surface area contributed by atoms with Gasteiger partial charge in [-0.3, -0.25) is 0 Å². The Morgan fingerprint density at radius 3 is 2.50 bits per heavy atom. The van der Waals surface area contributed by atoms with Gasteiger partial charge in [-0.15, -0.1) is 0 Å². The second kappa shape index (κ2) is 6.16. The van der Waals surface area contributed by atoms with Gasteiger partial charge in [-0.1, -0.05) is 37.6 Å². The van der Waals surface area contributed by atoms with Crippen LogP contribution in [0.25, 0.3) is 0 Å². The largest absolute Gasteiger partial charge is 0.387 e. The molecule has 1 atom stereocenters. The maximum atomic E-state index is 10.7. The average molecular weight is 292 g/mol. The molecule has 1 aromatic rings. The molecule has 108 valence electrons. The zero-order valence-corrected chi connectivity index (χ0v) is 12.9. The van der Waals surface area contributed by atoms with E-state index in [1.165, 1.54) is 0 Å². The number of rotatable bonds is 3. The molecule has 2 rings (SSSR count). The zero-order chi connectivity index (χ0) is 14.8. The van der Waals surface area contributed by atoms with Gasteiger partial charge < -0.3 is 5.11 Å². The number of nitrogens with zero attached hydrogens (tertiary/aromatic N) is 1. The number of hydrogen-bond acceptors (Lipinski definition) is 2. The van der Waals surface area contributed by atoms with Crippen LogP contribution in [0.2, 0.25) is 5.02 Å². The van der Waals surface area contributed by atoms with Gasteiger partial charge in [0, 0.05) is 5.02 Å². The van der Waals surface area contributed by atoms with Crippen molar-refractivity contribution < 1.29 is 5.11 Å². The maximum Gasteiger partial charge on any atom is 0.0976 e. The van der Waals surface area contributed by atoms with E-state index in [1.807, 2.05) is 12.1 Å². The van der Waals surface area contributed by atoms with Crippen LogP contribution in [0.1, 0.15) is 51.2 Å². The fourth-order valence-electron chi connectivity index (χ4n) is 3.26. The lowest BCUT2D eigenvalue weighted by Crippen LogP contribution is -2.33. The van der Waals surface area contributed by atoms with Crippen molar-refractivity contribution in [2.75, 3.05) is 0 Å². The molecule has 0 bridgehead atoms. The molecule has 0 aliphatic heterocycles. The van der Waals surface area contributed by atoms with E-state index in [2.05, 4.69) is 19.9 Å². The lowest BCUT2D eigenvalue weighted by atomic mass is 9.65. The van der Waals surface area contributed by atoms with Crippen LogP contribution in [0.4, 0.5) is 0 Å². The molecule has 0 spiro atoms. The summed E-state index contributed by atoms with van der Waals surface area (Å²) in [5, 5.41) is 20.9. The van der Waals surface area contributed by atoms with Crippen molar-refractivity contribution >= 4 is 11.6 Å². The molecule has 3 heteroatoms. The smallest absolute Gasteiger partial charge is 0.0976 e. The molecule has 1 unspecified atom stereocenters. The highest BCUT2D eigenvalue weighted by molar-refractivity contribution is 6.30. The van der Waals surface area contributed by atoms with Gasteiger partial charge in [-0.25, -0.2) is 0 Å². The van der Waals surface area contributed by atoms with Crippen molar-refractivity contribution in [1.82, 2.24) is 0 Å². The molecular formula is C17H22ClNO. The SMILES string of the molecule is CC(C)C1CCC(C#N)(C(O)c2cccc(Cl)c2)CC1. The summed E-state index contributed by atoms with van der Waals surface area (Å²) in [7, 11) is 0. The normalized spacial score (nSPS) is 28.1. The minimum atomic E-state index is -0.751. The van der Waals surface area contributed by atoms with E-state index < -0.39 is 11.5 Å². The van der Waals surface area contributed by atoms with Crippen molar-refractivity contribution in [2.45, 2.75) is 45.6 Å². The fraction of sp³-hybridized carbons (Fsp3) is 0.588. The Hall–Kier alpha value is -1.04. The zero-order valence-electron chi connectivity index (χ0n) is 12.1. The predicted molar refractivity (Wildman–Crippen MR) is 81.3 cm³/mol. The molecular weight excluding hydrogens is 270 g/mol. The molecule has 0 radical (unpaired) electrons. The van der Waals surface area contributed by atoms with Crippen LogP contribution in [-0.4, -0.2) is 5.11 Å². The fourth-order valence-corrected chi connectivity index (χ4v) is 3.46. The van der Waals surface area contributed by atoms with Gasteiger partial charge in [0.2, 0.25) is 0 Å². The third-order valence-corrected chi connectivity index (χ3v) is 5.01. The summed E-state index contributed by atoms with van der Waals surface area (Å²) in [6.45, 7) is 4.47. The van der Waals surface area contributed by atoms with E-state index >= 15 is 0 Å². The van der Waals surface area contributed by atoms with Crippen molar-refractivity contribution in [3.05, 3.63) is 34.9 Å². The van der Waals surface area contributed by atoms with Crippen LogP contribution in [0.5, 0.6) is 0 Å². The van der Waals surface area contributed by atoms with Crippen molar-refractivity contribution in [2.24, 2.45) is 17.3 Å². The van der Waals surface area contributed by atoms with E-state index in [4.69, 9.17) is 11.6 Å². The molecule has 1 aliphatic rings. The molecule has 0 heterocycles. The highest BCUT2D eigenvalue weighted by Crippen LogP contribution is 2.48. The Morgan fingerprint density at radius 1 is 1.35 bits per heavy atom. The first-order valence-corrected chi connectivity index (χ1v) is 7.71. The Morgan fingerprint density at radius 2 is 2.00 bits per heavy atom. The summed E-state index contributed by atoms with van der Waals surface area (Å²) in [5.41, 5.74) is 0.0952. The molecule has 1 aromatic carbocycles. The number of hydrogen-bond donors (Lipinski definition) is 1.